The zero-order valence-electron chi connectivity index (χ0n) is 36.6. The number of ether oxygens (including phenoxy) is 1. The lowest BCUT2D eigenvalue weighted by Crippen LogP contribution is -2.46. The molecular formula is C48H95NO5. The largest absolute Gasteiger partial charge is 0.462 e. The first-order valence-electron chi connectivity index (χ1n) is 24.3. The van der Waals surface area contributed by atoms with E-state index in [-0.39, 0.29) is 24.9 Å². The maximum Gasteiger partial charge on any atom is 0.306 e. The summed E-state index contributed by atoms with van der Waals surface area (Å²) in [6.07, 6.45) is 44.5. The fourth-order valence-corrected chi connectivity index (χ4v) is 7.73. The summed E-state index contributed by atoms with van der Waals surface area (Å²) in [6, 6.07) is -0.690. The van der Waals surface area contributed by atoms with Crippen LogP contribution in [0.4, 0.5) is 0 Å². The first-order chi connectivity index (χ1) is 26.5. The van der Waals surface area contributed by atoms with Crippen molar-refractivity contribution in [2.45, 2.75) is 289 Å². The molecule has 6 heteroatoms. The molecule has 0 aliphatic carbocycles. The summed E-state index contributed by atoms with van der Waals surface area (Å²) >= 11 is 0. The third kappa shape index (κ3) is 37.8. The van der Waals surface area contributed by atoms with Gasteiger partial charge in [-0.25, -0.2) is 0 Å². The Morgan fingerprint density at radius 3 is 1.13 bits per heavy atom. The van der Waals surface area contributed by atoms with Crippen LogP contribution in [0.15, 0.2) is 0 Å². The van der Waals surface area contributed by atoms with Gasteiger partial charge in [-0.05, 0) is 25.7 Å². The molecule has 3 N–H and O–H groups in total. The average molecular weight is 766 g/mol. The van der Waals surface area contributed by atoms with E-state index in [1.54, 1.807) is 0 Å². The Balaban J connectivity index is 4.37. The number of nitrogens with one attached hydrogen (secondary N) is 1. The minimum atomic E-state index is -0.777. The van der Waals surface area contributed by atoms with E-state index in [9.17, 15) is 19.8 Å². The molecule has 0 radical (unpaired) electrons. The van der Waals surface area contributed by atoms with Gasteiger partial charge in [0, 0.05) is 6.42 Å². The number of aliphatic hydroxyl groups excluding tert-OH is 2. The third-order valence-electron chi connectivity index (χ3n) is 11.4. The van der Waals surface area contributed by atoms with Gasteiger partial charge in [0.15, 0.2) is 0 Å². The highest BCUT2D eigenvalue weighted by Crippen LogP contribution is 2.18. The van der Waals surface area contributed by atoms with E-state index in [4.69, 9.17) is 4.74 Å². The van der Waals surface area contributed by atoms with Crippen molar-refractivity contribution in [1.29, 1.82) is 0 Å². The number of carbonyl (C=O) groups is 2. The Morgan fingerprint density at radius 2 is 0.778 bits per heavy atom. The molecule has 0 aromatic carbocycles. The summed E-state index contributed by atoms with van der Waals surface area (Å²) in [5.74, 6) is -0.460. The topological polar surface area (TPSA) is 95.9 Å². The Morgan fingerprint density at radius 1 is 0.463 bits per heavy atom. The zero-order chi connectivity index (χ0) is 39.6. The smallest absolute Gasteiger partial charge is 0.306 e. The van der Waals surface area contributed by atoms with Crippen LogP contribution in [0.5, 0.6) is 0 Å². The Kier molecular flexibility index (Phi) is 42.1. The average Bonchev–Trinajstić information content (AvgIpc) is 3.16. The van der Waals surface area contributed by atoms with Crippen LogP contribution in [0.1, 0.15) is 271 Å². The standard InChI is InChI=1S/C48H95NO5/c1-4-7-10-13-16-19-21-22-23-24-25-27-28-31-34-37-40-46(51)45(43-50)49-47(52)42-44(39-36-33-30-18-15-12-9-6-3)54-48(53)41-38-35-32-29-26-20-17-14-11-8-5-2/h44-46,50-51H,4-43H2,1-3H3,(H,49,52). The molecule has 0 saturated heterocycles. The van der Waals surface area contributed by atoms with Crippen molar-refractivity contribution in [2.24, 2.45) is 0 Å². The predicted octanol–water partition coefficient (Wildman–Crippen LogP) is 14.0. The van der Waals surface area contributed by atoms with E-state index in [0.29, 0.717) is 19.3 Å². The first kappa shape index (κ1) is 52.9. The van der Waals surface area contributed by atoms with Crippen LogP contribution >= 0.6 is 0 Å². The van der Waals surface area contributed by atoms with Gasteiger partial charge in [0.1, 0.15) is 6.10 Å². The molecular weight excluding hydrogens is 671 g/mol. The molecule has 1 amide bonds. The summed E-state index contributed by atoms with van der Waals surface area (Å²) in [5.41, 5.74) is 0. The number of amides is 1. The molecule has 0 rings (SSSR count). The van der Waals surface area contributed by atoms with E-state index < -0.39 is 18.2 Å². The summed E-state index contributed by atoms with van der Waals surface area (Å²) in [4.78, 5) is 25.9. The molecule has 0 heterocycles. The Labute approximate surface area is 336 Å². The van der Waals surface area contributed by atoms with Crippen molar-refractivity contribution >= 4 is 11.9 Å². The number of rotatable bonds is 44. The number of hydrogen-bond donors (Lipinski definition) is 3. The molecule has 0 saturated carbocycles. The molecule has 0 aromatic rings. The minimum absolute atomic E-state index is 0.0861. The van der Waals surface area contributed by atoms with Gasteiger partial charge in [-0.15, -0.1) is 0 Å². The molecule has 3 atom stereocenters. The van der Waals surface area contributed by atoms with Crippen molar-refractivity contribution in [3.8, 4) is 0 Å². The molecule has 0 spiro atoms. The van der Waals surface area contributed by atoms with Crippen molar-refractivity contribution in [3.05, 3.63) is 0 Å². The second-order valence-electron chi connectivity index (χ2n) is 16.9. The fraction of sp³-hybridized carbons (Fsp3) is 0.958. The van der Waals surface area contributed by atoms with Gasteiger partial charge >= 0.3 is 5.97 Å². The third-order valence-corrected chi connectivity index (χ3v) is 11.4. The van der Waals surface area contributed by atoms with Gasteiger partial charge in [0.2, 0.25) is 5.91 Å². The van der Waals surface area contributed by atoms with Crippen molar-refractivity contribution in [2.75, 3.05) is 6.61 Å². The van der Waals surface area contributed by atoms with Gasteiger partial charge in [-0.3, -0.25) is 9.59 Å². The van der Waals surface area contributed by atoms with Gasteiger partial charge < -0.3 is 20.3 Å². The molecule has 0 fully saturated rings. The number of unbranched alkanes of at least 4 members (excludes halogenated alkanes) is 32. The van der Waals surface area contributed by atoms with Crippen molar-refractivity contribution < 1.29 is 24.5 Å². The number of esters is 1. The van der Waals surface area contributed by atoms with Gasteiger partial charge in [-0.2, -0.15) is 0 Å². The first-order valence-corrected chi connectivity index (χ1v) is 24.3. The van der Waals surface area contributed by atoms with E-state index in [0.717, 1.165) is 44.9 Å². The van der Waals surface area contributed by atoms with Gasteiger partial charge in [0.25, 0.3) is 0 Å². The second-order valence-corrected chi connectivity index (χ2v) is 16.9. The van der Waals surface area contributed by atoms with Crippen LogP contribution in [-0.4, -0.2) is 46.9 Å². The van der Waals surface area contributed by atoms with Crippen LogP contribution in [-0.2, 0) is 14.3 Å². The van der Waals surface area contributed by atoms with Crippen LogP contribution in [0.25, 0.3) is 0 Å². The quantitative estimate of drug-likeness (QED) is 0.0424. The maximum atomic E-state index is 13.1. The van der Waals surface area contributed by atoms with Crippen LogP contribution < -0.4 is 5.32 Å². The Bertz CT molecular complexity index is 776. The second kappa shape index (κ2) is 43.0. The predicted molar refractivity (Wildman–Crippen MR) is 232 cm³/mol. The van der Waals surface area contributed by atoms with Gasteiger partial charge in [-0.1, -0.05) is 233 Å². The number of aliphatic hydroxyl groups is 2. The summed E-state index contributed by atoms with van der Waals surface area (Å²) in [7, 11) is 0. The van der Waals surface area contributed by atoms with Gasteiger partial charge in [0.05, 0.1) is 25.2 Å². The van der Waals surface area contributed by atoms with Crippen LogP contribution in [0.2, 0.25) is 0 Å². The molecule has 0 bridgehead atoms. The fourth-order valence-electron chi connectivity index (χ4n) is 7.73. The molecule has 0 aliphatic heterocycles. The summed E-state index contributed by atoms with van der Waals surface area (Å²) in [5, 5.41) is 23.7. The van der Waals surface area contributed by atoms with Crippen LogP contribution in [0, 0.1) is 0 Å². The highest BCUT2D eigenvalue weighted by atomic mass is 16.5. The van der Waals surface area contributed by atoms with Crippen molar-refractivity contribution in [1.82, 2.24) is 5.32 Å². The molecule has 0 aliphatic rings. The molecule has 322 valence electrons. The zero-order valence-corrected chi connectivity index (χ0v) is 36.6. The lowest BCUT2D eigenvalue weighted by atomic mass is 10.0. The highest BCUT2D eigenvalue weighted by molar-refractivity contribution is 5.77. The molecule has 6 nitrogen and oxygen atoms in total. The summed E-state index contributed by atoms with van der Waals surface area (Å²) < 4.78 is 5.89. The Hall–Kier alpha value is -1.14. The van der Waals surface area contributed by atoms with E-state index in [1.807, 2.05) is 0 Å². The molecule has 3 unspecified atom stereocenters. The van der Waals surface area contributed by atoms with E-state index >= 15 is 0 Å². The van der Waals surface area contributed by atoms with E-state index in [2.05, 4.69) is 26.1 Å². The molecule has 0 aromatic heterocycles. The number of hydrogen-bond acceptors (Lipinski definition) is 5. The lowest BCUT2D eigenvalue weighted by Gasteiger charge is -2.24. The SMILES string of the molecule is CCCCCCCCCCCCCCCCCCC(O)C(CO)NC(=O)CC(CCCCCCCCCC)OC(=O)CCCCCCCCCCCCC. The highest BCUT2D eigenvalue weighted by Gasteiger charge is 2.24. The maximum absolute atomic E-state index is 13.1. The van der Waals surface area contributed by atoms with Crippen molar-refractivity contribution in [3.63, 3.8) is 0 Å². The van der Waals surface area contributed by atoms with E-state index in [1.165, 1.54) is 180 Å². The molecule has 54 heavy (non-hydrogen) atoms. The lowest BCUT2D eigenvalue weighted by molar-refractivity contribution is -0.151. The number of carbonyl (C=O) groups excluding carboxylic acids is 2. The normalized spacial score (nSPS) is 13.2. The van der Waals surface area contributed by atoms with Crippen LogP contribution in [0.3, 0.4) is 0 Å². The summed E-state index contributed by atoms with van der Waals surface area (Å²) in [6.45, 7) is 6.47. The monoisotopic (exact) mass is 766 g/mol. The minimum Gasteiger partial charge on any atom is -0.462 e.